The first kappa shape index (κ1) is 25.2. The lowest BCUT2D eigenvalue weighted by Crippen LogP contribution is -2.29. The van der Waals surface area contributed by atoms with Gasteiger partial charge in [0.2, 0.25) is 5.91 Å². The third kappa shape index (κ3) is 6.81. The van der Waals surface area contributed by atoms with Gasteiger partial charge in [0.1, 0.15) is 16.2 Å². The maximum Gasteiger partial charge on any atom is 0.220 e. The number of nitrogens with one attached hydrogen (secondary N) is 2. The number of fused-ring (bicyclic) bond motifs is 1. The highest BCUT2D eigenvalue weighted by Crippen LogP contribution is 2.26. The second kappa shape index (κ2) is 12.2. The average molecular weight is 521 g/mol. The van der Waals surface area contributed by atoms with Gasteiger partial charge in [-0.1, -0.05) is 40.6 Å². The normalized spacial score (nSPS) is 15.0. The molecule has 0 aliphatic carbocycles. The summed E-state index contributed by atoms with van der Waals surface area (Å²) >= 11 is 13.7. The monoisotopic (exact) mass is 519 g/mol. The summed E-state index contributed by atoms with van der Waals surface area (Å²) < 4.78 is 0. The quantitative estimate of drug-likeness (QED) is 0.332. The molecule has 2 N–H and O–H groups in total. The van der Waals surface area contributed by atoms with Crippen LogP contribution in [-0.4, -0.2) is 42.1 Å². The van der Waals surface area contributed by atoms with Gasteiger partial charge in [-0.2, -0.15) is 0 Å². The van der Waals surface area contributed by atoms with E-state index in [2.05, 4.69) is 39.6 Å². The van der Waals surface area contributed by atoms with Gasteiger partial charge in [0.15, 0.2) is 0 Å². The number of piperidine rings is 1. The Labute approximate surface area is 215 Å². The van der Waals surface area contributed by atoms with Gasteiger partial charge in [-0.3, -0.25) is 4.79 Å². The average Bonchev–Trinajstić information content (AvgIpc) is 3.27. The third-order valence-corrected chi connectivity index (χ3v) is 7.86. The lowest BCUT2D eigenvalue weighted by atomic mass is 10.1. The van der Waals surface area contributed by atoms with Crippen molar-refractivity contribution in [2.75, 3.05) is 31.1 Å². The third-order valence-electron chi connectivity index (χ3n) is 6.10. The van der Waals surface area contributed by atoms with E-state index < -0.39 is 0 Å². The molecule has 0 bridgehead atoms. The zero-order valence-corrected chi connectivity index (χ0v) is 21.8. The van der Waals surface area contributed by atoms with Crippen LogP contribution in [0.25, 0.3) is 10.3 Å². The fourth-order valence-electron chi connectivity index (χ4n) is 4.10. The van der Waals surface area contributed by atoms with Crippen LogP contribution in [0, 0.1) is 0 Å². The number of carbonyl (C=O) groups is 1. The van der Waals surface area contributed by atoms with Crippen LogP contribution in [0.4, 0.5) is 5.82 Å². The molecule has 182 valence electrons. The largest absolute Gasteiger partial charge is 0.357 e. The van der Waals surface area contributed by atoms with Crippen molar-refractivity contribution in [3.8, 4) is 0 Å². The smallest absolute Gasteiger partial charge is 0.220 e. The number of nitrogens with zero attached hydrogens (tertiary/aromatic N) is 3. The number of aromatic nitrogens is 2. The first-order valence-electron chi connectivity index (χ1n) is 12.0. The fraction of sp³-hybridized carbons (Fsp3) is 0.480. The molecule has 4 rings (SSSR count). The van der Waals surface area contributed by atoms with Gasteiger partial charge in [0, 0.05) is 38.5 Å². The molecular weight excluding hydrogens is 489 g/mol. The molecule has 1 unspecified atom stereocenters. The maximum absolute atomic E-state index is 12.3. The Balaban J connectivity index is 1.16. The number of pyridine rings is 1. The second-order valence-electron chi connectivity index (χ2n) is 8.70. The van der Waals surface area contributed by atoms with E-state index in [1.165, 1.54) is 19.3 Å². The minimum Gasteiger partial charge on any atom is -0.357 e. The van der Waals surface area contributed by atoms with E-state index in [9.17, 15) is 4.79 Å². The molecule has 3 heterocycles. The van der Waals surface area contributed by atoms with Crippen molar-refractivity contribution < 1.29 is 4.79 Å². The predicted molar refractivity (Wildman–Crippen MR) is 142 cm³/mol. The highest BCUT2D eigenvalue weighted by molar-refractivity contribution is 7.18. The minimum absolute atomic E-state index is 0.0544. The molecule has 1 amide bonds. The number of halogens is 2. The lowest BCUT2D eigenvalue weighted by molar-refractivity contribution is -0.121. The molecule has 34 heavy (non-hydrogen) atoms. The summed E-state index contributed by atoms with van der Waals surface area (Å²) in [5.41, 5.74) is 2.01. The zero-order valence-electron chi connectivity index (χ0n) is 19.4. The van der Waals surface area contributed by atoms with E-state index in [0.717, 1.165) is 52.8 Å². The summed E-state index contributed by atoms with van der Waals surface area (Å²) in [4.78, 5) is 25.1. The first-order chi connectivity index (χ1) is 16.5. The molecule has 1 saturated heterocycles. The molecule has 0 spiro atoms. The van der Waals surface area contributed by atoms with Crippen molar-refractivity contribution in [2.45, 2.75) is 51.5 Å². The van der Waals surface area contributed by atoms with Crippen LogP contribution < -0.4 is 15.5 Å². The van der Waals surface area contributed by atoms with Crippen LogP contribution in [-0.2, 0) is 11.2 Å². The van der Waals surface area contributed by atoms with E-state index in [0.29, 0.717) is 29.4 Å². The van der Waals surface area contributed by atoms with Crippen LogP contribution in [0.2, 0.25) is 10.0 Å². The number of amides is 1. The summed E-state index contributed by atoms with van der Waals surface area (Å²) in [5.74, 6) is 1.10. The molecule has 3 aromatic rings. The number of anilines is 1. The number of thiazole rings is 1. The van der Waals surface area contributed by atoms with Crippen LogP contribution in [0.15, 0.2) is 30.3 Å². The van der Waals surface area contributed by atoms with E-state index in [1.54, 1.807) is 11.3 Å². The van der Waals surface area contributed by atoms with Gasteiger partial charge in [0.25, 0.3) is 0 Å². The molecule has 0 saturated carbocycles. The standard InChI is InChI=1S/C25H31Cl2N5OS/c1-17(18-6-7-19(26)20(27)16-18)28-12-5-13-29-23(33)10-11-24-30-21-8-9-22(31-25(21)34-24)32-14-3-2-4-15-32/h6-9,16-17,28H,2-5,10-15H2,1H3,(H,29,33). The molecule has 2 aromatic heterocycles. The van der Waals surface area contributed by atoms with Gasteiger partial charge in [0.05, 0.1) is 15.1 Å². The maximum atomic E-state index is 12.3. The molecule has 1 aromatic carbocycles. The summed E-state index contributed by atoms with van der Waals surface area (Å²) in [6.07, 6.45) is 5.69. The Morgan fingerprint density at radius 2 is 1.91 bits per heavy atom. The van der Waals surface area contributed by atoms with E-state index in [4.69, 9.17) is 28.2 Å². The summed E-state index contributed by atoms with van der Waals surface area (Å²) in [6.45, 7) is 5.67. The van der Waals surface area contributed by atoms with Gasteiger partial charge >= 0.3 is 0 Å². The van der Waals surface area contributed by atoms with Crippen LogP contribution >= 0.6 is 34.5 Å². The number of benzene rings is 1. The topological polar surface area (TPSA) is 70.2 Å². The molecule has 0 radical (unpaired) electrons. The van der Waals surface area contributed by atoms with E-state index >= 15 is 0 Å². The highest BCUT2D eigenvalue weighted by Gasteiger charge is 2.14. The molecule has 1 aliphatic heterocycles. The minimum atomic E-state index is 0.0544. The van der Waals surface area contributed by atoms with E-state index in [-0.39, 0.29) is 11.9 Å². The number of hydrogen-bond acceptors (Lipinski definition) is 6. The Morgan fingerprint density at radius 3 is 2.71 bits per heavy atom. The Morgan fingerprint density at radius 1 is 1.09 bits per heavy atom. The Bertz CT molecular complexity index is 1120. The molecular formula is C25H31Cl2N5OS. The van der Waals surface area contributed by atoms with Gasteiger partial charge in [-0.25, -0.2) is 9.97 Å². The Kier molecular flexibility index (Phi) is 9.00. The summed E-state index contributed by atoms with van der Waals surface area (Å²) in [7, 11) is 0. The predicted octanol–water partition coefficient (Wildman–Crippen LogP) is 5.78. The van der Waals surface area contributed by atoms with Crippen LogP contribution in [0.1, 0.15) is 55.6 Å². The van der Waals surface area contributed by atoms with Crippen molar-refractivity contribution in [3.63, 3.8) is 0 Å². The van der Waals surface area contributed by atoms with Crippen molar-refractivity contribution >= 4 is 56.6 Å². The van der Waals surface area contributed by atoms with Crippen molar-refractivity contribution in [2.24, 2.45) is 0 Å². The molecule has 1 fully saturated rings. The number of carbonyl (C=O) groups excluding carboxylic acids is 1. The molecule has 1 atom stereocenters. The Hall–Kier alpha value is -1.93. The second-order valence-corrected chi connectivity index (χ2v) is 10.6. The van der Waals surface area contributed by atoms with Crippen molar-refractivity contribution in [1.29, 1.82) is 0 Å². The van der Waals surface area contributed by atoms with Gasteiger partial charge in [-0.05, 0) is 69.0 Å². The summed E-state index contributed by atoms with van der Waals surface area (Å²) in [5, 5.41) is 8.54. The van der Waals surface area contributed by atoms with E-state index in [1.807, 2.05) is 18.2 Å². The molecule has 9 heteroatoms. The van der Waals surface area contributed by atoms with Crippen LogP contribution in [0.3, 0.4) is 0 Å². The van der Waals surface area contributed by atoms with Crippen molar-refractivity contribution in [1.82, 2.24) is 20.6 Å². The van der Waals surface area contributed by atoms with Crippen molar-refractivity contribution in [3.05, 3.63) is 50.9 Å². The zero-order chi connectivity index (χ0) is 23.9. The number of aryl methyl sites for hydroxylation is 1. The lowest BCUT2D eigenvalue weighted by Gasteiger charge is -2.27. The molecule has 6 nitrogen and oxygen atoms in total. The fourth-order valence-corrected chi connectivity index (χ4v) is 5.34. The molecule has 1 aliphatic rings. The van der Waals surface area contributed by atoms with Crippen LogP contribution in [0.5, 0.6) is 0 Å². The number of rotatable bonds is 10. The van der Waals surface area contributed by atoms with Gasteiger partial charge < -0.3 is 15.5 Å². The highest BCUT2D eigenvalue weighted by atomic mass is 35.5. The van der Waals surface area contributed by atoms with Gasteiger partial charge in [-0.15, -0.1) is 0 Å². The first-order valence-corrected chi connectivity index (χ1v) is 13.5. The SMILES string of the molecule is CC(NCCCNC(=O)CCc1nc2ccc(N3CCCCC3)nc2s1)c1ccc(Cl)c(Cl)c1. The summed E-state index contributed by atoms with van der Waals surface area (Å²) in [6, 6.07) is 9.95. The number of hydrogen-bond donors (Lipinski definition) is 2.